The van der Waals surface area contributed by atoms with Crippen LogP contribution in [0.25, 0.3) is 0 Å². The predicted octanol–water partition coefficient (Wildman–Crippen LogP) is 3.25. The monoisotopic (exact) mass is 281 g/mol. The molecule has 0 radical (unpaired) electrons. The molecule has 0 amide bonds. The van der Waals surface area contributed by atoms with Gasteiger partial charge in [0.25, 0.3) is 0 Å². The Bertz CT molecular complexity index is 525. The first kappa shape index (κ1) is 15.4. The van der Waals surface area contributed by atoms with E-state index in [1.54, 1.807) is 7.11 Å². The summed E-state index contributed by atoms with van der Waals surface area (Å²) in [5.74, 6) is 0.908. The van der Waals surface area contributed by atoms with Gasteiger partial charge < -0.3 is 10.1 Å². The number of aromatic nitrogens is 2. The minimum atomic E-state index is 0. The highest BCUT2D eigenvalue weighted by Gasteiger charge is 2.05. The van der Waals surface area contributed by atoms with E-state index in [0.29, 0.717) is 0 Å². The molecule has 1 aromatic heterocycles. The van der Waals surface area contributed by atoms with Crippen molar-refractivity contribution in [1.29, 1.82) is 0 Å². The molecule has 0 aliphatic carbocycles. The summed E-state index contributed by atoms with van der Waals surface area (Å²) in [6.45, 7) is 5.71. The number of benzene rings is 1. The summed E-state index contributed by atoms with van der Waals surface area (Å²) in [4.78, 5) is 0. The first-order chi connectivity index (χ1) is 8.74. The van der Waals surface area contributed by atoms with Crippen LogP contribution in [-0.4, -0.2) is 16.9 Å². The Labute approximate surface area is 120 Å². The average molecular weight is 282 g/mol. The lowest BCUT2D eigenvalue weighted by Crippen LogP contribution is -2.01. The summed E-state index contributed by atoms with van der Waals surface area (Å²) in [7, 11) is 1.69. The van der Waals surface area contributed by atoms with E-state index in [2.05, 4.69) is 23.4 Å². The Kier molecular flexibility index (Phi) is 5.70. The van der Waals surface area contributed by atoms with E-state index in [9.17, 15) is 0 Å². The largest absolute Gasteiger partial charge is 0.496 e. The molecule has 4 nitrogen and oxygen atoms in total. The number of hydrogen-bond donors (Lipinski definition) is 1. The second-order valence-electron chi connectivity index (χ2n) is 4.15. The molecule has 0 unspecified atom stereocenters. The number of aryl methyl sites for hydroxylation is 2. The summed E-state index contributed by atoms with van der Waals surface area (Å²) < 4.78 is 7.26. The van der Waals surface area contributed by atoms with Crippen LogP contribution in [0.2, 0.25) is 0 Å². The van der Waals surface area contributed by atoms with Crippen LogP contribution in [0.15, 0.2) is 30.5 Å². The number of ether oxygens (including phenoxy) is 1. The van der Waals surface area contributed by atoms with Gasteiger partial charge in [0.1, 0.15) is 5.75 Å². The van der Waals surface area contributed by atoms with E-state index in [-0.39, 0.29) is 12.4 Å². The molecule has 2 rings (SSSR count). The van der Waals surface area contributed by atoms with Gasteiger partial charge in [-0.15, -0.1) is 12.4 Å². The van der Waals surface area contributed by atoms with E-state index in [1.165, 1.54) is 0 Å². The molecule has 0 saturated carbocycles. The topological polar surface area (TPSA) is 39.1 Å². The van der Waals surface area contributed by atoms with Crippen molar-refractivity contribution in [2.24, 2.45) is 0 Å². The van der Waals surface area contributed by atoms with Crippen molar-refractivity contribution >= 4 is 18.1 Å². The number of nitrogens with zero attached hydrogens (tertiary/aromatic N) is 2. The number of halogens is 1. The van der Waals surface area contributed by atoms with Crippen LogP contribution >= 0.6 is 12.4 Å². The maximum Gasteiger partial charge on any atom is 0.123 e. The van der Waals surface area contributed by atoms with Crippen LogP contribution in [0, 0.1) is 6.92 Å². The van der Waals surface area contributed by atoms with Crippen molar-refractivity contribution in [3.05, 3.63) is 41.7 Å². The molecule has 0 aliphatic rings. The second-order valence-corrected chi connectivity index (χ2v) is 4.15. The molecule has 0 saturated heterocycles. The Morgan fingerprint density at radius 1 is 1.32 bits per heavy atom. The molecule has 104 valence electrons. The number of para-hydroxylation sites is 1. The highest BCUT2D eigenvalue weighted by atomic mass is 35.5. The zero-order valence-corrected chi connectivity index (χ0v) is 12.3. The molecule has 0 spiro atoms. The first-order valence-corrected chi connectivity index (χ1v) is 6.14. The van der Waals surface area contributed by atoms with Gasteiger partial charge in [0.05, 0.1) is 18.5 Å². The van der Waals surface area contributed by atoms with Gasteiger partial charge in [0.15, 0.2) is 0 Å². The van der Waals surface area contributed by atoms with E-state index in [1.807, 2.05) is 36.0 Å². The van der Waals surface area contributed by atoms with Gasteiger partial charge in [0, 0.05) is 24.8 Å². The lowest BCUT2D eigenvalue weighted by atomic mass is 10.2. The molecule has 5 heteroatoms. The Hall–Kier alpha value is -1.68. The van der Waals surface area contributed by atoms with Crippen LogP contribution in [0.4, 0.5) is 5.69 Å². The molecule has 0 atom stereocenters. The maximum atomic E-state index is 5.33. The third-order valence-corrected chi connectivity index (χ3v) is 2.93. The van der Waals surface area contributed by atoms with Gasteiger partial charge in [-0.05, 0) is 19.9 Å². The van der Waals surface area contributed by atoms with Crippen molar-refractivity contribution < 1.29 is 4.74 Å². The third-order valence-electron chi connectivity index (χ3n) is 2.93. The Balaban J connectivity index is 0.00000180. The molecule has 0 aliphatic heterocycles. The zero-order valence-electron chi connectivity index (χ0n) is 11.5. The zero-order chi connectivity index (χ0) is 13.0. The highest BCUT2D eigenvalue weighted by molar-refractivity contribution is 5.85. The van der Waals surface area contributed by atoms with Gasteiger partial charge in [-0.25, -0.2) is 0 Å². The molecule has 1 N–H and O–H groups in total. The normalized spacial score (nSPS) is 9.84. The molecular weight excluding hydrogens is 262 g/mol. The number of rotatable bonds is 5. The first-order valence-electron chi connectivity index (χ1n) is 6.14. The van der Waals surface area contributed by atoms with Crippen LogP contribution in [0.3, 0.4) is 0 Å². The predicted molar refractivity (Wildman–Crippen MR) is 80.2 cm³/mol. The fraction of sp³-hybridized carbons (Fsp3) is 0.357. The van der Waals surface area contributed by atoms with Crippen molar-refractivity contribution in [3.8, 4) is 5.75 Å². The molecule has 1 heterocycles. The van der Waals surface area contributed by atoms with Crippen LogP contribution in [0.5, 0.6) is 5.75 Å². The fourth-order valence-electron chi connectivity index (χ4n) is 1.89. The van der Waals surface area contributed by atoms with Gasteiger partial charge in [-0.3, -0.25) is 4.68 Å². The summed E-state index contributed by atoms with van der Waals surface area (Å²) in [6.07, 6.45) is 2.03. The van der Waals surface area contributed by atoms with Crippen LogP contribution < -0.4 is 10.1 Å². The number of nitrogens with one attached hydrogen (secondary N) is 1. The molecule has 19 heavy (non-hydrogen) atoms. The van der Waals surface area contributed by atoms with Gasteiger partial charge in [0.2, 0.25) is 0 Å². The molecule has 1 aromatic carbocycles. The van der Waals surface area contributed by atoms with Crippen molar-refractivity contribution in [1.82, 2.24) is 9.78 Å². The van der Waals surface area contributed by atoms with E-state index < -0.39 is 0 Å². The second kappa shape index (κ2) is 7.04. The smallest absolute Gasteiger partial charge is 0.123 e. The van der Waals surface area contributed by atoms with Crippen molar-refractivity contribution in [2.45, 2.75) is 26.9 Å². The summed E-state index contributed by atoms with van der Waals surface area (Å²) in [5.41, 5.74) is 3.23. The highest BCUT2D eigenvalue weighted by Crippen LogP contribution is 2.20. The summed E-state index contributed by atoms with van der Waals surface area (Å²) >= 11 is 0. The minimum absolute atomic E-state index is 0. The van der Waals surface area contributed by atoms with E-state index in [4.69, 9.17) is 4.74 Å². The van der Waals surface area contributed by atoms with E-state index >= 15 is 0 Å². The third kappa shape index (κ3) is 3.64. The molecule has 0 bridgehead atoms. The molecular formula is C14H20ClN3O. The maximum absolute atomic E-state index is 5.33. The lowest BCUT2D eigenvalue weighted by molar-refractivity contribution is 0.410. The van der Waals surface area contributed by atoms with Crippen molar-refractivity contribution in [3.63, 3.8) is 0 Å². The van der Waals surface area contributed by atoms with Gasteiger partial charge in [-0.1, -0.05) is 18.2 Å². The number of hydrogen-bond acceptors (Lipinski definition) is 3. The van der Waals surface area contributed by atoms with E-state index in [0.717, 1.165) is 35.8 Å². The SMILES string of the molecule is CCn1cc(NCc2ccccc2OC)c(C)n1.Cl. The lowest BCUT2D eigenvalue weighted by Gasteiger charge is -2.09. The quantitative estimate of drug-likeness (QED) is 0.914. The standard InChI is InChI=1S/C14H19N3O.ClH/c1-4-17-10-13(11(2)16-17)15-9-12-7-5-6-8-14(12)18-3;/h5-8,10,15H,4,9H2,1-3H3;1H. The van der Waals surface area contributed by atoms with Gasteiger partial charge >= 0.3 is 0 Å². The summed E-state index contributed by atoms with van der Waals surface area (Å²) in [5, 5.41) is 7.80. The average Bonchev–Trinajstić information content (AvgIpc) is 2.77. The number of methoxy groups -OCH3 is 1. The minimum Gasteiger partial charge on any atom is -0.496 e. The Morgan fingerprint density at radius 2 is 2.05 bits per heavy atom. The molecule has 0 fully saturated rings. The van der Waals surface area contributed by atoms with Crippen molar-refractivity contribution in [2.75, 3.05) is 12.4 Å². The fourth-order valence-corrected chi connectivity index (χ4v) is 1.89. The van der Waals surface area contributed by atoms with Crippen LogP contribution in [-0.2, 0) is 13.1 Å². The van der Waals surface area contributed by atoms with Crippen LogP contribution in [0.1, 0.15) is 18.2 Å². The Morgan fingerprint density at radius 3 is 2.68 bits per heavy atom. The summed E-state index contributed by atoms with van der Waals surface area (Å²) in [6, 6.07) is 8.02. The molecule has 2 aromatic rings. The number of anilines is 1. The van der Waals surface area contributed by atoms with Gasteiger partial charge in [-0.2, -0.15) is 5.10 Å².